The summed E-state index contributed by atoms with van der Waals surface area (Å²) in [6, 6.07) is 10.7. The van der Waals surface area contributed by atoms with E-state index in [4.69, 9.17) is 0 Å². The van der Waals surface area contributed by atoms with Gasteiger partial charge in [-0.05, 0) is 36.7 Å². The van der Waals surface area contributed by atoms with E-state index in [0.717, 1.165) is 12.3 Å². The highest BCUT2D eigenvalue weighted by molar-refractivity contribution is 5.20. The summed E-state index contributed by atoms with van der Waals surface area (Å²) in [5.41, 5.74) is 1.42. The minimum absolute atomic E-state index is 0.316. The minimum Gasteiger partial charge on any atom is -0.396 e. The van der Waals surface area contributed by atoms with Gasteiger partial charge in [-0.1, -0.05) is 49.6 Å². The first kappa shape index (κ1) is 11.7. The molecule has 0 spiro atoms. The molecular weight excluding hydrogens is 196 g/mol. The molecule has 1 aliphatic carbocycles. The fourth-order valence-corrected chi connectivity index (χ4v) is 3.05. The van der Waals surface area contributed by atoms with E-state index in [9.17, 15) is 5.11 Å². The summed E-state index contributed by atoms with van der Waals surface area (Å²) in [7, 11) is 0. The van der Waals surface area contributed by atoms with Gasteiger partial charge in [0.15, 0.2) is 0 Å². The summed E-state index contributed by atoms with van der Waals surface area (Å²) in [4.78, 5) is 0. The molecule has 1 unspecified atom stereocenters. The van der Waals surface area contributed by atoms with Gasteiger partial charge < -0.3 is 5.11 Å². The van der Waals surface area contributed by atoms with E-state index in [1.807, 2.05) is 0 Å². The van der Waals surface area contributed by atoms with Crippen molar-refractivity contribution in [3.05, 3.63) is 35.9 Å². The lowest BCUT2D eigenvalue weighted by Crippen LogP contribution is -2.17. The van der Waals surface area contributed by atoms with E-state index in [2.05, 4.69) is 30.3 Å². The van der Waals surface area contributed by atoms with Gasteiger partial charge in [-0.3, -0.25) is 0 Å². The van der Waals surface area contributed by atoms with Crippen molar-refractivity contribution in [3.63, 3.8) is 0 Å². The molecule has 88 valence electrons. The van der Waals surface area contributed by atoms with Crippen LogP contribution < -0.4 is 0 Å². The van der Waals surface area contributed by atoms with Crippen LogP contribution >= 0.6 is 0 Å². The number of aliphatic hydroxyl groups is 1. The van der Waals surface area contributed by atoms with Crippen molar-refractivity contribution in [2.24, 2.45) is 5.92 Å². The molecule has 1 aromatic carbocycles. The second-order valence-corrected chi connectivity index (χ2v) is 4.93. The van der Waals surface area contributed by atoms with Gasteiger partial charge in [0.05, 0.1) is 0 Å². The lowest BCUT2D eigenvalue weighted by Gasteiger charge is -2.30. The molecule has 0 heterocycles. The topological polar surface area (TPSA) is 20.2 Å². The van der Waals surface area contributed by atoms with Crippen LogP contribution in [0.15, 0.2) is 30.3 Å². The van der Waals surface area contributed by atoms with E-state index >= 15 is 0 Å². The van der Waals surface area contributed by atoms with Gasteiger partial charge in [-0.25, -0.2) is 0 Å². The molecule has 0 bridgehead atoms. The summed E-state index contributed by atoms with van der Waals surface area (Å²) < 4.78 is 0. The normalized spacial score (nSPS) is 19.6. The molecule has 16 heavy (non-hydrogen) atoms. The third-order valence-electron chi connectivity index (χ3n) is 3.89. The maximum atomic E-state index is 9.23. The van der Waals surface area contributed by atoms with Crippen molar-refractivity contribution >= 4 is 0 Å². The van der Waals surface area contributed by atoms with Gasteiger partial charge in [0.1, 0.15) is 0 Å². The maximum absolute atomic E-state index is 9.23. The molecule has 2 rings (SSSR count). The summed E-state index contributed by atoms with van der Waals surface area (Å²) >= 11 is 0. The Labute approximate surface area is 98.5 Å². The maximum Gasteiger partial charge on any atom is 0.0436 e. The molecule has 1 fully saturated rings. The first-order valence-corrected chi connectivity index (χ1v) is 6.57. The average Bonchev–Trinajstić information content (AvgIpc) is 2.38. The Morgan fingerprint density at radius 1 is 1.06 bits per heavy atom. The minimum atomic E-state index is 0.316. The van der Waals surface area contributed by atoms with Crippen LogP contribution in [0.3, 0.4) is 0 Å². The van der Waals surface area contributed by atoms with E-state index in [-0.39, 0.29) is 0 Å². The standard InChI is InChI=1S/C15H22O/c16-12-11-15(13-7-3-1-4-8-13)14-9-5-2-6-10-14/h1,3-4,7-8,14-16H,2,5-6,9-12H2. The Hall–Kier alpha value is -0.820. The fraction of sp³-hybridized carbons (Fsp3) is 0.600. The number of rotatable bonds is 4. The summed E-state index contributed by atoms with van der Waals surface area (Å²) in [5, 5.41) is 9.23. The Morgan fingerprint density at radius 2 is 1.75 bits per heavy atom. The van der Waals surface area contributed by atoms with Gasteiger partial charge in [-0.2, -0.15) is 0 Å². The predicted molar refractivity (Wildman–Crippen MR) is 67.5 cm³/mol. The van der Waals surface area contributed by atoms with Crippen molar-refractivity contribution in [2.45, 2.75) is 44.4 Å². The molecule has 1 heteroatoms. The SMILES string of the molecule is OCCC(c1ccccc1)C1CCCCC1. The molecule has 0 amide bonds. The summed E-state index contributed by atoms with van der Waals surface area (Å²) in [6.45, 7) is 0.316. The quantitative estimate of drug-likeness (QED) is 0.816. The smallest absolute Gasteiger partial charge is 0.0436 e. The van der Waals surface area contributed by atoms with Crippen LogP contribution in [0.1, 0.15) is 50.0 Å². The molecule has 0 radical (unpaired) electrons. The van der Waals surface area contributed by atoms with Crippen LogP contribution in [0, 0.1) is 5.92 Å². The van der Waals surface area contributed by atoms with E-state index in [1.54, 1.807) is 0 Å². The molecule has 1 atom stereocenters. The van der Waals surface area contributed by atoms with E-state index in [1.165, 1.54) is 37.7 Å². The van der Waals surface area contributed by atoms with Crippen LogP contribution in [0.25, 0.3) is 0 Å². The predicted octanol–water partition coefficient (Wildman–Crippen LogP) is 3.73. The van der Waals surface area contributed by atoms with Crippen LogP contribution in [-0.4, -0.2) is 11.7 Å². The monoisotopic (exact) mass is 218 g/mol. The van der Waals surface area contributed by atoms with Gasteiger partial charge in [0.25, 0.3) is 0 Å². The van der Waals surface area contributed by atoms with E-state index < -0.39 is 0 Å². The highest BCUT2D eigenvalue weighted by Gasteiger charge is 2.24. The third-order valence-corrected chi connectivity index (χ3v) is 3.89. The number of benzene rings is 1. The van der Waals surface area contributed by atoms with Crippen LogP contribution in [-0.2, 0) is 0 Å². The van der Waals surface area contributed by atoms with E-state index in [0.29, 0.717) is 12.5 Å². The van der Waals surface area contributed by atoms with Gasteiger partial charge in [0.2, 0.25) is 0 Å². The summed E-state index contributed by atoms with van der Waals surface area (Å²) in [6.07, 6.45) is 7.77. The largest absolute Gasteiger partial charge is 0.396 e. The zero-order chi connectivity index (χ0) is 11.2. The Balaban J connectivity index is 2.09. The van der Waals surface area contributed by atoms with Gasteiger partial charge in [0, 0.05) is 6.61 Å². The molecule has 1 saturated carbocycles. The van der Waals surface area contributed by atoms with Gasteiger partial charge in [-0.15, -0.1) is 0 Å². The Kier molecular flexibility index (Phi) is 4.41. The highest BCUT2D eigenvalue weighted by Crippen LogP contribution is 2.37. The Bertz CT molecular complexity index is 288. The van der Waals surface area contributed by atoms with Crippen molar-refractivity contribution in [1.29, 1.82) is 0 Å². The molecule has 1 N–H and O–H groups in total. The lowest BCUT2D eigenvalue weighted by molar-refractivity contribution is 0.229. The van der Waals surface area contributed by atoms with Crippen LogP contribution in [0.5, 0.6) is 0 Å². The molecule has 0 saturated heterocycles. The molecule has 1 aliphatic rings. The first-order chi connectivity index (χ1) is 7.92. The number of hydrogen-bond acceptors (Lipinski definition) is 1. The molecular formula is C15H22O. The van der Waals surface area contributed by atoms with Crippen molar-refractivity contribution in [2.75, 3.05) is 6.61 Å². The zero-order valence-electron chi connectivity index (χ0n) is 9.94. The fourth-order valence-electron chi connectivity index (χ4n) is 3.05. The molecule has 1 aromatic rings. The second kappa shape index (κ2) is 6.05. The molecule has 0 aromatic heterocycles. The van der Waals surface area contributed by atoms with Crippen molar-refractivity contribution < 1.29 is 5.11 Å². The molecule has 1 nitrogen and oxygen atoms in total. The number of hydrogen-bond donors (Lipinski definition) is 1. The second-order valence-electron chi connectivity index (χ2n) is 4.93. The van der Waals surface area contributed by atoms with Gasteiger partial charge >= 0.3 is 0 Å². The molecule has 0 aliphatic heterocycles. The highest BCUT2D eigenvalue weighted by atomic mass is 16.3. The summed E-state index contributed by atoms with van der Waals surface area (Å²) in [5.74, 6) is 1.37. The van der Waals surface area contributed by atoms with Crippen molar-refractivity contribution in [1.82, 2.24) is 0 Å². The van der Waals surface area contributed by atoms with Crippen LogP contribution in [0.4, 0.5) is 0 Å². The van der Waals surface area contributed by atoms with Crippen LogP contribution in [0.2, 0.25) is 0 Å². The zero-order valence-corrected chi connectivity index (χ0v) is 9.94. The first-order valence-electron chi connectivity index (χ1n) is 6.57. The third kappa shape index (κ3) is 2.85. The van der Waals surface area contributed by atoms with Crippen molar-refractivity contribution in [3.8, 4) is 0 Å². The number of aliphatic hydroxyl groups excluding tert-OH is 1. The average molecular weight is 218 g/mol. The lowest BCUT2D eigenvalue weighted by atomic mass is 9.75. The Morgan fingerprint density at radius 3 is 2.38 bits per heavy atom.